The second-order valence-corrected chi connectivity index (χ2v) is 3.22. The largest absolute Gasteiger partial charge is 0.342 e. The van der Waals surface area contributed by atoms with Crippen molar-refractivity contribution in [2.45, 2.75) is 19.8 Å². The van der Waals surface area contributed by atoms with E-state index in [2.05, 4.69) is 16.9 Å². The highest BCUT2D eigenvalue weighted by Gasteiger charge is 2.04. The molecular weight excluding hydrogens is 176 g/mol. The number of rotatable bonds is 3. The molecule has 0 radical (unpaired) electrons. The molecule has 3 nitrogen and oxygen atoms in total. The fourth-order valence-electron chi connectivity index (χ4n) is 1.56. The molecule has 1 heterocycles. The summed E-state index contributed by atoms with van der Waals surface area (Å²) >= 11 is 0. The summed E-state index contributed by atoms with van der Waals surface area (Å²) < 4.78 is 0. The third kappa shape index (κ3) is 1.41. The minimum Gasteiger partial charge on any atom is -0.342 e. The minimum atomic E-state index is 0.436. The number of aromatic nitrogens is 2. The van der Waals surface area contributed by atoms with Gasteiger partial charge in [0.1, 0.15) is 12.1 Å². The van der Waals surface area contributed by atoms with E-state index in [-0.39, 0.29) is 0 Å². The van der Waals surface area contributed by atoms with E-state index >= 15 is 0 Å². The van der Waals surface area contributed by atoms with Crippen LogP contribution in [-0.4, -0.2) is 16.3 Å². The number of H-pyrrole nitrogens is 1. The summed E-state index contributed by atoms with van der Waals surface area (Å²) in [6.45, 7) is 2.05. The first-order valence-electron chi connectivity index (χ1n) is 4.75. The van der Waals surface area contributed by atoms with E-state index in [1.54, 1.807) is 0 Å². The maximum Gasteiger partial charge on any atom is 0.124 e. The zero-order chi connectivity index (χ0) is 9.97. The van der Waals surface area contributed by atoms with Crippen molar-refractivity contribution in [2.75, 3.05) is 0 Å². The lowest BCUT2D eigenvalue weighted by Crippen LogP contribution is -1.87. The molecule has 0 fully saturated rings. The molecule has 0 aliphatic heterocycles. The maximum atomic E-state index is 10.5. The number of aromatic amines is 1. The summed E-state index contributed by atoms with van der Waals surface area (Å²) in [6, 6.07) is 5.87. The first-order chi connectivity index (χ1) is 6.85. The second kappa shape index (κ2) is 3.62. The lowest BCUT2D eigenvalue weighted by molar-refractivity contribution is -0.107. The monoisotopic (exact) mass is 188 g/mol. The number of aryl methyl sites for hydroxylation is 1. The molecule has 1 N–H and O–H groups in total. The Kier molecular flexibility index (Phi) is 2.31. The van der Waals surface area contributed by atoms with Gasteiger partial charge in [0.15, 0.2) is 0 Å². The van der Waals surface area contributed by atoms with Gasteiger partial charge in [-0.2, -0.15) is 0 Å². The van der Waals surface area contributed by atoms with Crippen molar-refractivity contribution in [3.05, 3.63) is 29.6 Å². The minimum absolute atomic E-state index is 0.436. The third-order valence-electron chi connectivity index (χ3n) is 2.28. The van der Waals surface area contributed by atoms with Crippen molar-refractivity contribution >= 4 is 17.3 Å². The number of fused-ring (bicyclic) bond motifs is 1. The normalized spacial score (nSPS) is 10.6. The zero-order valence-electron chi connectivity index (χ0n) is 8.08. The van der Waals surface area contributed by atoms with E-state index in [4.69, 9.17) is 0 Å². The van der Waals surface area contributed by atoms with Crippen LogP contribution in [0.4, 0.5) is 0 Å². The molecule has 2 aromatic rings. The van der Waals surface area contributed by atoms with Crippen LogP contribution in [0.3, 0.4) is 0 Å². The molecule has 0 saturated heterocycles. The number of nitrogens with one attached hydrogen (secondary N) is 1. The molecule has 0 aliphatic rings. The van der Waals surface area contributed by atoms with Gasteiger partial charge in [0.2, 0.25) is 0 Å². The molecule has 0 bridgehead atoms. The topological polar surface area (TPSA) is 45.8 Å². The summed E-state index contributed by atoms with van der Waals surface area (Å²) in [5.41, 5.74) is 2.94. The number of benzene rings is 1. The van der Waals surface area contributed by atoms with Gasteiger partial charge in [-0.1, -0.05) is 19.1 Å². The molecule has 3 heteroatoms. The highest BCUT2D eigenvalue weighted by atomic mass is 16.1. The molecule has 14 heavy (non-hydrogen) atoms. The summed E-state index contributed by atoms with van der Waals surface area (Å²) in [5, 5.41) is 0. The zero-order valence-corrected chi connectivity index (χ0v) is 8.08. The van der Waals surface area contributed by atoms with Crippen molar-refractivity contribution < 1.29 is 4.79 Å². The molecule has 0 aliphatic carbocycles. The van der Waals surface area contributed by atoms with E-state index < -0.39 is 0 Å². The maximum absolute atomic E-state index is 10.5. The molecule has 0 amide bonds. The van der Waals surface area contributed by atoms with Gasteiger partial charge in [-0.25, -0.2) is 4.98 Å². The van der Waals surface area contributed by atoms with Crippen LogP contribution in [0.5, 0.6) is 0 Å². The first-order valence-corrected chi connectivity index (χ1v) is 4.75. The van der Waals surface area contributed by atoms with E-state index in [1.807, 2.05) is 18.2 Å². The Bertz CT molecular complexity index is 459. The highest BCUT2D eigenvalue weighted by Crippen LogP contribution is 2.16. The lowest BCUT2D eigenvalue weighted by Gasteiger charge is -1.94. The van der Waals surface area contributed by atoms with Crippen LogP contribution in [0.25, 0.3) is 11.0 Å². The Hall–Kier alpha value is -1.64. The molecule has 0 unspecified atom stereocenters. The molecular formula is C11H12N2O. The van der Waals surface area contributed by atoms with Crippen LogP contribution < -0.4 is 0 Å². The van der Waals surface area contributed by atoms with E-state index in [0.29, 0.717) is 6.42 Å². The average molecular weight is 188 g/mol. The van der Waals surface area contributed by atoms with Gasteiger partial charge in [-0.3, -0.25) is 0 Å². The molecule has 0 saturated carbocycles. The predicted octanol–water partition coefficient (Wildman–Crippen LogP) is 1.87. The number of para-hydroxylation sites is 1. The van der Waals surface area contributed by atoms with Crippen LogP contribution in [0.2, 0.25) is 0 Å². The summed E-state index contributed by atoms with van der Waals surface area (Å²) in [7, 11) is 0. The number of hydrogen-bond donors (Lipinski definition) is 1. The number of hydrogen-bond acceptors (Lipinski definition) is 2. The fourth-order valence-corrected chi connectivity index (χ4v) is 1.56. The Balaban J connectivity index is 2.60. The van der Waals surface area contributed by atoms with Gasteiger partial charge in [0.25, 0.3) is 0 Å². The van der Waals surface area contributed by atoms with E-state index in [1.165, 1.54) is 0 Å². The Labute approximate surface area is 82.2 Å². The van der Waals surface area contributed by atoms with Gasteiger partial charge in [0.05, 0.1) is 11.0 Å². The number of carbonyl (C=O) groups excluding carboxylic acids is 1. The highest BCUT2D eigenvalue weighted by molar-refractivity contribution is 5.81. The predicted molar refractivity (Wildman–Crippen MR) is 55.2 cm³/mol. The molecule has 1 aromatic carbocycles. The first kappa shape index (κ1) is 8.94. The third-order valence-corrected chi connectivity index (χ3v) is 2.28. The van der Waals surface area contributed by atoms with E-state index in [0.717, 1.165) is 35.1 Å². The Morgan fingerprint density at radius 1 is 1.50 bits per heavy atom. The van der Waals surface area contributed by atoms with Gasteiger partial charge in [-0.15, -0.1) is 0 Å². The van der Waals surface area contributed by atoms with Gasteiger partial charge in [0, 0.05) is 12.8 Å². The van der Waals surface area contributed by atoms with Crippen LogP contribution in [0.1, 0.15) is 18.3 Å². The number of aldehydes is 1. The lowest BCUT2D eigenvalue weighted by atomic mass is 10.1. The van der Waals surface area contributed by atoms with Gasteiger partial charge < -0.3 is 9.78 Å². The van der Waals surface area contributed by atoms with Crippen molar-refractivity contribution in [1.29, 1.82) is 0 Å². The fraction of sp³-hybridized carbons (Fsp3) is 0.273. The van der Waals surface area contributed by atoms with Gasteiger partial charge >= 0.3 is 0 Å². The van der Waals surface area contributed by atoms with Gasteiger partial charge in [-0.05, 0) is 11.6 Å². The summed E-state index contributed by atoms with van der Waals surface area (Å²) in [6.07, 6.45) is 2.23. The molecule has 2 rings (SSSR count). The van der Waals surface area contributed by atoms with Crippen LogP contribution in [0.15, 0.2) is 18.2 Å². The standard InChI is InChI=1S/C11H12N2O/c1-2-10-12-9-5-3-4-8(6-7-14)11(9)13-10/h3-5,7H,2,6H2,1H3,(H,12,13). The SMILES string of the molecule is CCc1nc2c(CC=O)cccc2[nH]1. The van der Waals surface area contributed by atoms with Crippen LogP contribution in [0, 0.1) is 0 Å². The summed E-state index contributed by atoms with van der Waals surface area (Å²) in [4.78, 5) is 18.1. The second-order valence-electron chi connectivity index (χ2n) is 3.22. The van der Waals surface area contributed by atoms with E-state index in [9.17, 15) is 4.79 Å². The van der Waals surface area contributed by atoms with Crippen molar-refractivity contribution in [1.82, 2.24) is 9.97 Å². The smallest absolute Gasteiger partial charge is 0.124 e. The van der Waals surface area contributed by atoms with Crippen molar-refractivity contribution in [2.24, 2.45) is 0 Å². The quantitative estimate of drug-likeness (QED) is 0.747. The van der Waals surface area contributed by atoms with Crippen LogP contribution >= 0.6 is 0 Å². The molecule has 0 spiro atoms. The Morgan fingerprint density at radius 2 is 2.36 bits per heavy atom. The van der Waals surface area contributed by atoms with Crippen LogP contribution in [-0.2, 0) is 17.6 Å². The average Bonchev–Trinajstić information content (AvgIpc) is 2.62. The number of imidazole rings is 1. The Morgan fingerprint density at radius 3 is 3.07 bits per heavy atom. The molecule has 0 atom stereocenters. The number of carbonyl (C=O) groups is 1. The number of nitrogens with zero attached hydrogens (tertiary/aromatic N) is 1. The summed E-state index contributed by atoms with van der Waals surface area (Å²) in [5.74, 6) is 0.971. The van der Waals surface area contributed by atoms with Crippen molar-refractivity contribution in [3.8, 4) is 0 Å². The van der Waals surface area contributed by atoms with Crippen molar-refractivity contribution in [3.63, 3.8) is 0 Å². The molecule has 72 valence electrons. The molecule has 1 aromatic heterocycles.